The zero-order valence-electron chi connectivity index (χ0n) is 13.7. The van der Waals surface area contributed by atoms with Crippen molar-refractivity contribution in [3.8, 4) is 0 Å². The summed E-state index contributed by atoms with van der Waals surface area (Å²) in [7, 11) is 0. The first-order chi connectivity index (χ1) is 10.9. The minimum atomic E-state index is -4.13. The minimum Gasteiger partial charge on any atom is -0.357 e. The third-order valence-corrected chi connectivity index (χ3v) is 3.77. The van der Waals surface area contributed by atoms with E-state index in [4.69, 9.17) is 4.52 Å². The van der Waals surface area contributed by atoms with Gasteiger partial charge in [0.1, 0.15) is 6.54 Å². The van der Waals surface area contributed by atoms with Crippen molar-refractivity contribution in [1.82, 2.24) is 20.8 Å². The molecule has 10 heteroatoms. The summed E-state index contributed by atoms with van der Waals surface area (Å²) in [5.74, 6) is 0.129. The van der Waals surface area contributed by atoms with E-state index >= 15 is 0 Å². The van der Waals surface area contributed by atoms with Crippen molar-refractivity contribution >= 4 is 29.9 Å². The van der Waals surface area contributed by atoms with Crippen LogP contribution in [0.1, 0.15) is 44.3 Å². The average molecular weight is 461 g/mol. The van der Waals surface area contributed by atoms with E-state index in [9.17, 15) is 13.2 Å². The van der Waals surface area contributed by atoms with Crippen LogP contribution in [0.15, 0.2) is 9.52 Å². The van der Waals surface area contributed by atoms with E-state index in [1.807, 2.05) is 6.92 Å². The molecule has 0 amide bonds. The number of aryl methyl sites for hydroxylation is 1. The Hall–Kier alpha value is -1.07. The van der Waals surface area contributed by atoms with Gasteiger partial charge >= 0.3 is 6.18 Å². The highest BCUT2D eigenvalue weighted by Crippen LogP contribution is 2.37. The standard InChI is InChI=1S/C14H22F3N5O.HI/c1-3-18-13(19-8-12-20-9(2)23-22-12)21-11-6-4-5-10(7-11)14(15,16)17;/h10-11H,3-8H2,1-2H3,(H2,18,19,21);1H. The smallest absolute Gasteiger partial charge is 0.357 e. The van der Waals surface area contributed by atoms with Crippen molar-refractivity contribution in [2.24, 2.45) is 10.9 Å². The number of nitrogens with one attached hydrogen (secondary N) is 2. The second-order valence-corrected chi connectivity index (χ2v) is 5.67. The lowest BCUT2D eigenvalue weighted by Crippen LogP contribution is -2.46. The molecule has 0 aliphatic heterocycles. The second-order valence-electron chi connectivity index (χ2n) is 5.67. The lowest BCUT2D eigenvalue weighted by Gasteiger charge is -2.31. The second kappa shape index (κ2) is 9.42. The normalized spacial score (nSPS) is 22.0. The number of aliphatic imine (C=N–C) groups is 1. The van der Waals surface area contributed by atoms with Gasteiger partial charge in [0.2, 0.25) is 5.89 Å². The van der Waals surface area contributed by atoms with Gasteiger partial charge in [-0.05, 0) is 26.2 Å². The Morgan fingerprint density at radius 3 is 2.71 bits per heavy atom. The Morgan fingerprint density at radius 1 is 1.38 bits per heavy atom. The van der Waals surface area contributed by atoms with E-state index in [0.29, 0.717) is 37.1 Å². The zero-order chi connectivity index (χ0) is 16.9. The third kappa shape index (κ3) is 6.44. The van der Waals surface area contributed by atoms with Crippen LogP contribution in [-0.4, -0.2) is 34.9 Å². The zero-order valence-corrected chi connectivity index (χ0v) is 16.0. The van der Waals surface area contributed by atoms with Gasteiger partial charge in [-0.15, -0.1) is 24.0 Å². The number of rotatable bonds is 4. The number of nitrogens with zero attached hydrogens (tertiary/aromatic N) is 3. The van der Waals surface area contributed by atoms with Crippen LogP contribution < -0.4 is 10.6 Å². The molecule has 2 N–H and O–H groups in total. The van der Waals surface area contributed by atoms with Crippen LogP contribution in [0.5, 0.6) is 0 Å². The topological polar surface area (TPSA) is 75.3 Å². The van der Waals surface area contributed by atoms with Gasteiger partial charge in [0.25, 0.3) is 0 Å². The van der Waals surface area contributed by atoms with Crippen molar-refractivity contribution in [1.29, 1.82) is 0 Å². The molecule has 2 rings (SSSR count). The molecule has 1 saturated carbocycles. The maximum absolute atomic E-state index is 12.9. The van der Waals surface area contributed by atoms with Crippen molar-refractivity contribution < 1.29 is 17.7 Å². The molecule has 24 heavy (non-hydrogen) atoms. The molecule has 138 valence electrons. The van der Waals surface area contributed by atoms with Crippen LogP contribution in [0.2, 0.25) is 0 Å². The Balaban J connectivity index is 0.00000288. The molecule has 1 aromatic heterocycles. The molecule has 1 heterocycles. The van der Waals surface area contributed by atoms with Crippen LogP contribution in [0, 0.1) is 12.8 Å². The number of hydrogen-bond acceptors (Lipinski definition) is 4. The van der Waals surface area contributed by atoms with Gasteiger partial charge < -0.3 is 15.2 Å². The maximum atomic E-state index is 12.9. The van der Waals surface area contributed by atoms with Gasteiger partial charge in [0, 0.05) is 19.5 Å². The number of hydrogen-bond donors (Lipinski definition) is 2. The van der Waals surface area contributed by atoms with E-state index in [2.05, 4.69) is 25.8 Å². The number of aromatic nitrogens is 2. The predicted molar refractivity (Wildman–Crippen MR) is 94.2 cm³/mol. The molecule has 0 radical (unpaired) electrons. The average Bonchev–Trinajstić information content (AvgIpc) is 2.90. The lowest BCUT2D eigenvalue weighted by atomic mass is 9.85. The van der Waals surface area contributed by atoms with Crippen LogP contribution in [-0.2, 0) is 6.54 Å². The summed E-state index contributed by atoms with van der Waals surface area (Å²) in [4.78, 5) is 8.35. The highest BCUT2D eigenvalue weighted by Gasteiger charge is 2.42. The number of guanidine groups is 1. The van der Waals surface area contributed by atoms with Gasteiger partial charge in [0.15, 0.2) is 11.8 Å². The van der Waals surface area contributed by atoms with Crippen LogP contribution in [0.3, 0.4) is 0 Å². The molecule has 0 saturated heterocycles. The molecular weight excluding hydrogens is 438 g/mol. The molecule has 2 atom stereocenters. The van der Waals surface area contributed by atoms with Crippen LogP contribution in [0.25, 0.3) is 0 Å². The first-order valence-corrected chi connectivity index (χ1v) is 7.79. The van der Waals surface area contributed by atoms with Crippen LogP contribution in [0.4, 0.5) is 13.2 Å². The molecule has 6 nitrogen and oxygen atoms in total. The molecule has 0 bridgehead atoms. The summed E-state index contributed by atoms with van der Waals surface area (Å²) in [5, 5.41) is 9.86. The monoisotopic (exact) mass is 461 g/mol. The van der Waals surface area contributed by atoms with Crippen LogP contribution >= 0.6 is 24.0 Å². The molecule has 1 aliphatic carbocycles. The van der Waals surface area contributed by atoms with E-state index in [1.165, 1.54) is 0 Å². The Kier molecular flexibility index (Phi) is 8.23. The molecule has 1 aliphatic rings. The summed E-state index contributed by atoms with van der Waals surface area (Å²) in [6.07, 6.45) is -2.58. The summed E-state index contributed by atoms with van der Waals surface area (Å²) in [6, 6.07) is -0.236. The highest BCUT2D eigenvalue weighted by atomic mass is 127. The Morgan fingerprint density at radius 2 is 2.12 bits per heavy atom. The summed E-state index contributed by atoms with van der Waals surface area (Å²) in [5.41, 5.74) is 0. The van der Waals surface area contributed by atoms with E-state index < -0.39 is 12.1 Å². The van der Waals surface area contributed by atoms with Gasteiger partial charge in [-0.1, -0.05) is 11.6 Å². The molecule has 2 unspecified atom stereocenters. The largest absolute Gasteiger partial charge is 0.391 e. The third-order valence-electron chi connectivity index (χ3n) is 3.77. The van der Waals surface area contributed by atoms with Gasteiger partial charge in [-0.2, -0.15) is 18.2 Å². The van der Waals surface area contributed by atoms with E-state index in [-0.39, 0.29) is 49.4 Å². The molecular formula is C14H23F3IN5O. The molecule has 0 aromatic carbocycles. The fourth-order valence-corrected chi connectivity index (χ4v) is 2.69. The van der Waals surface area contributed by atoms with Gasteiger partial charge in [-0.3, -0.25) is 0 Å². The predicted octanol–water partition coefficient (Wildman–Crippen LogP) is 3.17. The quantitative estimate of drug-likeness (QED) is 0.410. The van der Waals surface area contributed by atoms with Gasteiger partial charge in [-0.25, -0.2) is 4.99 Å². The van der Waals surface area contributed by atoms with Crippen molar-refractivity contribution in [2.75, 3.05) is 6.54 Å². The van der Waals surface area contributed by atoms with E-state index in [1.54, 1.807) is 6.92 Å². The van der Waals surface area contributed by atoms with Gasteiger partial charge in [0.05, 0.1) is 5.92 Å². The van der Waals surface area contributed by atoms with Crippen molar-refractivity contribution in [3.05, 3.63) is 11.7 Å². The molecule has 1 fully saturated rings. The first-order valence-electron chi connectivity index (χ1n) is 7.79. The number of halogens is 4. The maximum Gasteiger partial charge on any atom is 0.391 e. The highest BCUT2D eigenvalue weighted by molar-refractivity contribution is 14.0. The van der Waals surface area contributed by atoms with E-state index in [0.717, 1.165) is 0 Å². The summed E-state index contributed by atoms with van der Waals surface area (Å²) < 4.78 is 43.5. The Labute approximate surface area is 156 Å². The van der Waals surface area contributed by atoms with Crippen molar-refractivity contribution in [2.45, 2.75) is 58.3 Å². The summed E-state index contributed by atoms with van der Waals surface area (Å²) in [6.45, 7) is 4.41. The first kappa shape index (κ1) is 21.0. The number of alkyl halides is 3. The molecule has 0 spiro atoms. The lowest BCUT2D eigenvalue weighted by molar-refractivity contribution is -0.183. The Bertz CT molecular complexity index is 535. The fraction of sp³-hybridized carbons (Fsp3) is 0.786. The minimum absolute atomic E-state index is 0. The molecule has 1 aromatic rings. The SMILES string of the molecule is CCNC(=NCc1noc(C)n1)NC1CCCC(C(F)(F)F)C1.I. The van der Waals surface area contributed by atoms with Crippen molar-refractivity contribution in [3.63, 3.8) is 0 Å². The fourth-order valence-electron chi connectivity index (χ4n) is 2.69. The summed E-state index contributed by atoms with van der Waals surface area (Å²) >= 11 is 0.